The van der Waals surface area contributed by atoms with Gasteiger partial charge in [0.25, 0.3) is 0 Å². The molecule has 0 aromatic heterocycles. The summed E-state index contributed by atoms with van der Waals surface area (Å²) in [7, 11) is 0. The molecule has 1 saturated carbocycles. The molecular weight excluding hydrogens is 353 g/mol. The van der Waals surface area contributed by atoms with Crippen LogP contribution in [-0.4, -0.2) is 35.6 Å². The van der Waals surface area contributed by atoms with Crippen LogP contribution in [0.4, 0.5) is 9.18 Å². The number of nitrogens with zero attached hydrogens (tertiary/aromatic N) is 1. The highest BCUT2D eigenvalue weighted by Crippen LogP contribution is 2.40. The van der Waals surface area contributed by atoms with E-state index in [0.29, 0.717) is 12.6 Å². The summed E-state index contributed by atoms with van der Waals surface area (Å²) >= 11 is 0. The Labute approximate surface area is 165 Å². The summed E-state index contributed by atoms with van der Waals surface area (Å²) in [5, 5.41) is 6.93. The molecule has 2 aromatic carbocycles. The molecule has 3 fully saturated rings. The molecule has 2 amide bonds. The maximum absolute atomic E-state index is 13.5. The molecule has 2 bridgehead atoms. The van der Waals surface area contributed by atoms with Crippen LogP contribution in [0, 0.1) is 5.82 Å². The van der Waals surface area contributed by atoms with E-state index in [-0.39, 0.29) is 23.4 Å². The van der Waals surface area contributed by atoms with Crippen molar-refractivity contribution in [3.8, 4) is 0 Å². The lowest BCUT2D eigenvalue weighted by atomic mass is 9.71. The molecule has 1 aliphatic carbocycles. The third-order valence-electron chi connectivity index (χ3n) is 6.64. The zero-order valence-corrected chi connectivity index (χ0v) is 16.0. The van der Waals surface area contributed by atoms with E-state index in [1.165, 1.54) is 17.7 Å². The highest BCUT2D eigenvalue weighted by molar-refractivity contribution is 5.77. The fourth-order valence-electron chi connectivity index (χ4n) is 5.22. The molecule has 1 atom stereocenters. The van der Waals surface area contributed by atoms with Crippen LogP contribution < -0.4 is 10.6 Å². The number of urea groups is 1. The maximum Gasteiger partial charge on any atom is 0.318 e. The van der Waals surface area contributed by atoms with Gasteiger partial charge < -0.3 is 15.5 Å². The van der Waals surface area contributed by atoms with Crippen LogP contribution in [0.3, 0.4) is 0 Å². The van der Waals surface area contributed by atoms with Crippen molar-refractivity contribution >= 4 is 6.03 Å². The van der Waals surface area contributed by atoms with Gasteiger partial charge in [-0.25, -0.2) is 9.18 Å². The zero-order chi connectivity index (χ0) is 19.1. The average Bonchev–Trinajstić information content (AvgIpc) is 3.01. The van der Waals surface area contributed by atoms with Crippen molar-refractivity contribution in [2.24, 2.45) is 0 Å². The smallest absolute Gasteiger partial charge is 0.318 e. The summed E-state index contributed by atoms with van der Waals surface area (Å²) < 4.78 is 13.5. The first-order chi connectivity index (χ1) is 13.6. The quantitative estimate of drug-likeness (QED) is 0.834. The van der Waals surface area contributed by atoms with Crippen molar-refractivity contribution in [2.75, 3.05) is 13.1 Å². The normalized spacial score (nSPS) is 28.7. The van der Waals surface area contributed by atoms with Gasteiger partial charge in [-0.2, -0.15) is 0 Å². The number of benzene rings is 2. The van der Waals surface area contributed by atoms with E-state index < -0.39 is 0 Å². The summed E-state index contributed by atoms with van der Waals surface area (Å²) in [6, 6.07) is 15.2. The van der Waals surface area contributed by atoms with Gasteiger partial charge in [0.1, 0.15) is 5.82 Å². The minimum Gasteiger partial charge on any atom is -0.332 e. The molecule has 2 N–H and O–H groups in total. The molecule has 6 rings (SSSR count). The second-order valence-corrected chi connectivity index (χ2v) is 8.47. The zero-order valence-electron chi connectivity index (χ0n) is 16.0. The molecule has 4 aliphatic rings. The Hall–Kier alpha value is -2.40. The molecule has 5 heteroatoms. The molecule has 0 spiro atoms. The van der Waals surface area contributed by atoms with Gasteiger partial charge in [0.05, 0.1) is 6.04 Å². The Morgan fingerprint density at radius 3 is 2.75 bits per heavy atom. The van der Waals surface area contributed by atoms with Gasteiger partial charge in [-0.15, -0.1) is 0 Å². The van der Waals surface area contributed by atoms with E-state index >= 15 is 0 Å². The lowest BCUT2D eigenvalue weighted by Crippen LogP contribution is -2.63. The lowest BCUT2D eigenvalue weighted by molar-refractivity contribution is 0.120. The summed E-state index contributed by atoms with van der Waals surface area (Å²) in [6.45, 7) is 1.71. The Kier molecular flexibility index (Phi) is 4.35. The Balaban J connectivity index is 1.45. The van der Waals surface area contributed by atoms with Crippen molar-refractivity contribution < 1.29 is 9.18 Å². The molecular formula is C23H26FN3O. The standard InChI is InChI=1S/C23H26FN3O/c24-18-8-6-17(7-9-18)21-20-5-2-1-4-16(20)10-13-27(21)22(28)26-23-11-3-12-25-19(14-23)15-23/h1-2,4-9,19,21,25H,3,10-15H2,(H,26,28)/t19-,21-,23-/m0/s1. The second-order valence-electron chi connectivity index (χ2n) is 8.47. The van der Waals surface area contributed by atoms with E-state index in [9.17, 15) is 9.18 Å². The first kappa shape index (κ1) is 17.7. The monoisotopic (exact) mass is 379 g/mol. The van der Waals surface area contributed by atoms with Gasteiger partial charge >= 0.3 is 6.03 Å². The minimum atomic E-state index is -0.255. The number of hydrogen-bond donors (Lipinski definition) is 2. The van der Waals surface area contributed by atoms with Crippen molar-refractivity contribution in [3.05, 3.63) is 71.0 Å². The number of amides is 2. The van der Waals surface area contributed by atoms with Crippen LogP contribution in [0.5, 0.6) is 0 Å². The number of rotatable bonds is 2. The highest BCUT2D eigenvalue weighted by atomic mass is 19.1. The van der Waals surface area contributed by atoms with Crippen LogP contribution in [0.1, 0.15) is 48.4 Å². The molecule has 3 aliphatic heterocycles. The molecule has 146 valence electrons. The number of carbonyl (C=O) groups excluding carboxylic acids is 1. The van der Waals surface area contributed by atoms with Gasteiger partial charge in [0, 0.05) is 18.1 Å². The van der Waals surface area contributed by atoms with E-state index in [1.807, 2.05) is 17.0 Å². The molecule has 2 saturated heterocycles. The lowest BCUT2D eigenvalue weighted by Gasteiger charge is -2.48. The van der Waals surface area contributed by atoms with E-state index in [4.69, 9.17) is 0 Å². The predicted octanol–water partition coefficient (Wildman–Crippen LogP) is 3.77. The molecule has 28 heavy (non-hydrogen) atoms. The van der Waals surface area contributed by atoms with Crippen LogP contribution in [0.15, 0.2) is 48.5 Å². The first-order valence-electron chi connectivity index (χ1n) is 10.3. The summed E-state index contributed by atoms with van der Waals surface area (Å²) in [4.78, 5) is 15.3. The molecule has 4 nitrogen and oxygen atoms in total. The summed E-state index contributed by atoms with van der Waals surface area (Å²) in [6.07, 6.45) is 5.02. The number of halogens is 1. The van der Waals surface area contributed by atoms with Crippen LogP contribution in [0.25, 0.3) is 0 Å². The fourth-order valence-corrected chi connectivity index (χ4v) is 5.22. The number of fused-ring (bicyclic) bond motifs is 4. The van der Waals surface area contributed by atoms with Crippen molar-refractivity contribution in [1.82, 2.24) is 15.5 Å². The third-order valence-corrected chi connectivity index (χ3v) is 6.64. The average molecular weight is 379 g/mol. The second kappa shape index (κ2) is 6.89. The van der Waals surface area contributed by atoms with Crippen molar-refractivity contribution in [1.29, 1.82) is 0 Å². The van der Waals surface area contributed by atoms with Gasteiger partial charge in [-0.1, -0.05) is 36.4 Å². The topological polar surface area (TPSA) is 44.4 Å². The van der Waals surface area contributed by atoms with E-state index in [2.05, 4.69) is 22.8 Å². The van der Waals surface area contributed by atoms with E-state index in [0.717, 1.165) is 49.8 Å². The Morgan fingerprint density at radius 1 is 1.14 bits per heavy atom. The van der Waals surface area contributed by atoms with E-state index in [1.54, 1.807) is 12.1 Å². The summed E-state index contributed by atoms with van der Waals surface area (Å²) in [5.74, 6) is -0.255. The maximum atomic E-state index is 13.5. The molecule has 0 unspecified atom stereocenters. The van der Waals surface area contributed by atoms with Gasteiger partial charge in [-0.05, 0) is 67.5 Å². The first-order valence-corrected chi connectivity index (χ1v) is 10.3. The Bertz CT molecular complexity index is 870. The Morgan fingerprint density at radius 2 is 1.93 bits per heavy atom. The largest absolute Gasteiger partial charge is 0.332 e. The molecule has 3 heterocycles. The molecule has 0 radical (unpaired) electrons. The number of carbonyl (C=O) groups is 1. The minimum absolute atomic E-state index is 0.00387. The molecule has 2 aromatic rings. The van der Waals surface area contributed by atoms with Gasteiger partial charge in [0.15, 0.2) is 0 Å². The van der Waals surface area contributed by atoms with Crippen molar-refractivity contribution in [2.45, 2.75) is 49.7 Å². The third kappa shape index (κ3) is 3.08. The SMILES string of the molecule is O=C(N[C@]12CCCN[C@H](C1)C2)N1CCc2ccccc2[C@@H]1c1ccc(F)cc1. The summed E-state index contributed by atoms with van der Waals surface area (Å²) in [5.41, 5.74) is 3.30. The van der Waals surface area contributed by atoms with Crippen LogP contribution in [0.2, 0.25) is 0 Å². The highest BCUT2D eigenvalue weighted by Gasteiger charge is 2.47. The van der Waals surface area contributed by atoms with Crippen LogP contribution >= 0.6 is 0 Å². The fraction of sp³-hybridized carbons (Fsp3) is 0.435. The van der Waals surface area contributed by atoms with Gasteiger partial charge in [0.2, 0.25) is 0 Å². The van der Waals surface area contributed by atoms with Crippen molar-refractivity contribution in [3.63, 3.8) is 0 Å². The number of hydrogen-bond acceptors (Lipinski definition) is 2. The van der Waals surface area contributed by atoms with Crippen LogP contribution in [-0.2, 0) is 6.42 Å². The van der Waals surface area contributed by atoms with Gasteiger partial charge in [-0.3, -0.25) is 0 Å². The predicted molar refractivity (Wildman–Crippen MR) is 107 cm³/mol. The number of nitrogens with one attached hydrogen (secondary N) is 2.